The van der Waals surface area contributed by atoms with Crippen LogP contribution in [0.25, 0.3) is 11.2 Å². The van der Waals surface area contributed by atoms with Crippen LogP contribution in [0.5, 0.6) is 0 Å². The summed E-state index contributed by atoms with van der Waals surface area (Å²) in [5.74, 6) is -3.99. The average Bonchev–Trinajstić information content (AvgIpc) is 3.52. The van der Waals surface area contributed by atoms with Crippen molar-refractivity contribution in [1.82, 2.24) is 19.5 Å². The molecule has 2 aliphatic heterocycles. The van der Waals surface area contributed by atoms with E-state index in [1.165, 1.54) is 24.1 Å². The predicted octanol–water partition coefficient (Wildman–Crippen LogP) is 6.74. The summed E-state index contributed by atoms with van der Waals surface area (Å²) in [6.45, 7) is 14.8. The fourth-order valence-electron chi connectivity index (χ4n) is 6.49. The van der Waals surface area contributed by atoms with Crippen LogP contribution in [0.15, 0.2) is 12.7 Å². The van der Waals surface area contributed by atoms with Gasteiger partial charge in [0.05, 0.1) is 19.5 Å². The summed E-state index contributed by atoms with van der Waals surface area (Å²) < 4.78 is 119. The van der Waals surface area contributed by atoms with Crippen LogP contribution in [-0.2, 0) is 32.0 Å². The van der Waals surface area contributed by atoms with Crippen molar-refractivity contribution in [1.29, 1.82) is 0 Å². The monoisotopic (exact) mass is 745 g/mol. The van der Waals surface area contributed by atoms with Crippen LogP contribution in [0.2, 0.25) is 22.2 Å². The molecule has 0 spiro atoms. The smallest absolute Gasteiger partial charge is 0.402 e. The van der Waals surface area contributed by atoms with E-state index in [9.17, 15) is 31.1 Å². The van der Waals surface area contributed by atoms with Crippen molar-refractivity contribution < 1.29 is 58.3 Å². The fourth-order valence-corrected chi connectivity index (χ4v) is 17.7. The summed E-state index contributed by atoms with van der Waals surface area (Å²) in [5, 5.41) is 2.58. The first-order valence-electron chi connectivity index (χ1n) is 16.1. The Morgan fingerprint density at radius 1 is 0.959 bits per heavy atom. The average molecular weight is 746 g/mol. The number of aromatic nitrogens is 4. The lowest BCUT2D eigenvalue weighted by molar-refractivity contribution is -0.299. The zero-order valence-electron chi connectivity index (χ0n) is 28.9. The van der Waals surface area contributed by atoms with Gasteiger partial charge in [-0.15, -0.1) is 0 Å². The van der Waals surface area contributed by atoms with Crippen LogP contribution in [0, 0.1) is 5.92 Å². The number of nitrogens with zero attached hydrogens (tertiary/aromatic N) is 4. The molecule has 0 bridgehead atoms. The minimum absolute atomic E-state index is 0.00805. The molecular formula is C29H45F6N5O7Si2. The SMILES string of the molecule is CC(=O)Nc1ncnc2c1ncn2[C@@H]1O[C@@H]2CO[Si](C(C)C)(C(C)C)O[Si](C(C)C)(C(C)C)O[C@@H]2[C@@H]1OCOCC(C(F)(F)F)C(F)(F)F. The van der Waals surface area contributed by atoms with Gasteiger partial charge in [-0.05, 0) is 22.2 Å². The van der Waals surface area contributed by atoms with E-state index in [4.69, 9.17) is 27.2 Å². The number of nitrogens with one attached hydrogen (secondary N) is 1. The second-order valence-corrected chi connectivity index (χ2v) is 22.5. The third-order valence-electron chi connectivity index (χ3n) is 8.96. The normalized spacial score (nSPS) is 24.7. The molecule has 2 fully saturated rings. The highest BCUT2D eigenvalue weighted by Gasteiger charge is 2.62. The first kappa shape index (κ1) is 39.6. The molecule has 2 aromatic heterocycles. The minimum Gasteiger partial charge on any atom is -0.414 e. The van der Waals surface area contributed by atoms with Crippen molar-refractivity contribution in [2.45, 2.75) is 121 Å². The Hall–Kier alpha value is -2.21. The molecule has 1 N–H and O–H groups in total. The number of fused-ring (bicyclic) bond motifs is 2. The second-order valence-electron chi connectivity index (χ2n) is 13.6. The van der Waals surface area contributed by atoms with Crippen LogP contribution >= 0.6 is 0 Å². The van der Waals surface area contributed by atoms with E-state index in [0.29, 0.717) is 0 Å². The van der Waals surface area contributed by atoms with Gasteiger partial charge in [-0.3, -0.25) is 9.36 Å². The second kappa shape index (κ2) is 14.8. The number of amides is 1. The van der Waals surface area contributed by atoms with Crippen LogP contribution in [0.4, 0.5) is 32.2 Å². The van der Waals surface area contributed by atoms with E-state index < -0.39 is 79.2 Å². The molecule has 4 rings (SSSR count). The number of hydrogen-bond acceptors (Lipinski definition) is 10. The molecule has 2 aliphatic rings. The van der Waals surface area contributed by atoms with Gasteiger partial charge in [-0.2, -0.15) is 26.3 Å². The predicted molar refractivity (Wildman–Crippen MR) is 169 cm³/mol. The maximum absolute atomic E-state index is 13.2. The molecule has 49 heavy (non-hydrogen) atoms. The molecular weight excluding hydrogens is 701 g/mol. The standard InChI is InChI=1S/C29H45F6N5O7Si2/c1-15(2)48(16(3)4)44-10-20-23(46-49(47-48,17(5)6)18(7)8)24(43-14-42-11-21(28(30,31)32)29(33,34)35)27(45-20)40-13-38-22-25(39-19(9)41)36-12-37-26(22)40/h12-13,15-18,20-21,23-24,27H,10-11,14H2,1-9H3,(H,36,37,39,41)/t20-,23+,24+,27-/m1/s1. The number of anilines is 1. The number of alkyl halides is 6. The Morgan fingerprint density at radius 2 is 1.55 bits per heavy atom. The van der Waals surface area contributed by atoms with Crippen molar-refractivity contribution in [3.8, 4) is 0 Å². The zero-order valence-corrected chi connectivity index (χ0v) is 30.9. The van der Waals surface area contributed by atoms with Crippen LogP contribution in [-0.4, -0.2) is 93.2 Å². The Bertz CT molecular complexity index is 1410. The maximum atomic E-state index is 13.2. The third kappa shape index (κ3) is 8.00. The Labute approximate surface area is 283 Å². The van der Waals surface area contributed by atoms with Gasteiger partial charge in [0.25, 0.3) is 0 Å². The van der Waals surface area contributed by atoms with E-state index in [2.05, 4.69) is 20.3 Å². The lowest BCUT2D eigenvalue weighted by atomic mass is 10.1. The van der Waals surface area contributed by atoms with Gasteiger partial charge in [0.2, 0.25) is 5.91 Å². The Morgan fingerprint density at radius 3 is 2.08 bits per heavy atom. The van der Waals surface area contributed by atoms with E-state index in [1.807, 2.05) is 55.4 Å². The van der Waals surface area contributed by atoms with E-state index in [0.717, 1.165) is 0 Å². The molecule has 4 heterocycles. The van der Waals surface area contributed by atoms with E-state index in [1.54, 1.807) is 0 Å². The number of carbonyl (C=O) groups excluding carboxylic acids is 1. The highest BCUT2D eigenvalue weighted by molar-refractivity contribution is 6.84. The number of halogens is 6. The van der Waals surface area contributed by atoms with Crippen molar-refractivity contribution in [3.63, 3.8) is 0 Å². The highest BCUT2D eigenvalue weighted by atomic mass is 28.5. The molecule has 0 radical (unpaired) electrons. The summed E-state index contributed by atoms with van der Waals surface area (Å²) in [6, 6.07) is 0. The minimum atomic E-state index is -5.58. The van der Waals surface area contributed by atoms with Gasteiger partial charge < -0.3 is 32.5 Å². The van der Waals surface area contributed by atoms with Crippen LogP contribution in [0.1, 0.15) is 68.5 Å². The third-order valence-corrected chi connectivity index (χ3v) is 19.2. The summed E-state index contributed by atoms with van der Waals surface area (Å²) in [6.07, 6.45) is -12.6. The van der Waals surface area contributed by atoms with Crippen molar-refractivity contribution in [2.24, 2.45) is 5.92 Å². The molecule has 0 aliphatic carbocycles. The van der Waals surface area contributed by atoms with Gasteiger partial charge >= 0.3 is 29.5 Å². The Balaban J connectivity index is 1.78. The molecule has 12 nitrogen and oxygen atoms in total. The highest BCUT2D eigenvalue weighted by Crippen LogP contribution is 2.49. The molecule has 1 amide bonds. The van der Waals surface area contributed by atoms with Gasteiger partial charge in [0.15, 0.2) is 29.1 Å². The van der Waals surface area contributed by atoms with Crippen molar-refractivity contribution in [3.05, 3.63) is 12.7 Å². The maximum Gasteiger partial charge on any atom is 0.402 e. The first-order chi connectivity index (χ1) is 22.7. The Kier molecular flexibility index (Phi) is 12.0. The quantitative estimate of drug-likeness (QED) is 0.114. The van der Waals surface area contributed by atoms with Gasteiger partial charge in [0.1, 0.15) is 31.4 Å². The molecule has 0 unspecified atom stereocenters. The molecule has 278 valence electrons. The first-order valence-corrected chi connectivity index (χ1v) is 20.0. The van der Waals surface area contributed by atoms with E-state index in [-0.39, 0.29) is 45.8 Å². The topological polar surface area (TPSA) is 128 Å². The van der Waals surface area contributed by atoms with Gasteiger partial charge in [0, 0.05) is 6.92 Å². The summed E-state index contributed by atoms with van der Waals surface area (Å²) in [4.78, 5) is 24.6. The summed E-state index contributed by atoms with van der Waals surface area (Å²) >= 11 is 0. The summed E-state index contributed by atoms with van der Waals surface area (Å²) in [7, 11) is -6.28. The van der Waals surface area contributed by atoms with Crippen molar-refractivity contribution >= 4 is 40.0 Å². The summed E-state index contributed by atoms with van der Waals surface area (Å²) in [5.41, 5.74) is 0.229. The molecule has 20 heteroatoms. The lowest BCUT2D eigenvalue weighted by Gasteiger charge is -2.51. The number of rotatable bonds is 11. The van der Waals surface area contributed by atoms with Gasteiger partial charge in [-0.1, -0.05) is 55.4 Å². The number of hydrogen-bond donors (Lipinski definition) is 1. The number of carbonyl (C=O) groups is 1. The van der Waals surface area contributed by atoms with Gasteiger partial charge in [-0.25, -0.2) is 15.0 Å². The molecule has 4 atom stereocenters. The van der Waals surface area contributed by atoms with E-state index >= 15 is 0 Å². The fraction of sp³-hybridized carbons (Fsp3) is 0.793. The number of imidazole rings is 1. The lowest BCUT2D eigenvalue weighted by Crippen LogP contribution is -2.66. The molecule has 0 aromatic carbocycles. The van der Waals surface area contributed by atoms with Crippen LogP contribution < -0.4 is 5.32 Å². The van der Waals surface area contributed by atoms with Crippen LogP contribution in [0.3, 0.4) is 0 Å². The molecule has 0 saturated carbocycles. The molecule has 2 aromatic rings. The largest absolute Gasteiger partial charge is 0.414 e. The number of ether oxygens (including phenoxy) is 3. The molecule has 2 saturated heterocycles. The zero-order chi connectivity index (χ0) is 36.7. The van der Waals surface area contributed by atoms with Crippen molar-refractivity contribution in [2.75, 3.05) is 25.3 Å².